The number of allylic oxidation sites excluding steroid dienone is 1. The monoisotopic (exact) mass is 496 g/mol. The molecule has 3 aliphatic rings. The number of fused-ring (bicyclic) bond motifs is 2. The molecule has 1 saturated heterocycles. The molecule has 2 unspecified atom stereocenters. The lowest BCUT2D eigenvalue weighted by Gasteiger charge is -2.19. The number of rotatable bonds is 4. The Kier molecular flexibility index (Phi) is 5.76. The molecule has 1 aromatic carbocycles. The van der Waals surface area contributed by atoms with Gasteiger partial charge in [0.25, 0.3) is 5.91 Å². The van der Waals surface area contributed by atoms with Crippen molar-refractivity contribution in [2.75, 3.05) is 13.1 Å². The van der Waals surface area contributed by atoms with Crippen LogP contribution in [-0.4, -0.2) is 33.8 Å². The zero-order valence-corrected chi connectivity index (χ0v) is 20.3. The molecule has 0 spiro atoms. The second kappa shape index (κ2) is 8.91. The lowest BCUT2D eigenvalue weighted by atomic mass is 9.90. The molecule has 2 aromatic heterocycles. The third-order valence-corrected chi connectivity index (χ3v) is 7.90. The first-order chi connectivity index (χ1) is 16.6. The summed E-state index contributed by atoms with van der Waals surface area (Å²) in [5.41, 5.74) is 7.25. The SMILES string of the molecule is O=C(NN1CC2CCCC2C1)c1nn(-c2ccc(Cl)cc2Cl)c2c1CCC/C2=C\c1ccco1. The van der Waals surface area contributed by atoms with E-state index in [2.05, 4.69) is 10.4 Å². The average Bonchev–Trinajstić information content (AvgIpc) is 3.58. The highest BCUT2D eigenvalue weighted by molar-refractivity contribution is 6.35. The Labute approximate surface area is 208 Å². The van der Waals surface area contributed by atoms with Gasteiger partial charge in [0.1, 0.15) is 5.76 Å². The van der Waals surface area contributed by atoms with E-state index in [-0.39, 0.29) is 5.91 Å². The maximum atomic E-state index is 13.5. The van der Waals surface area contributed by atoms with Crippen molar-refractivity contribution in [2.24, 2.45) is 11.8 Å². The number of halogens is 2. The quantitative estimate of drug-likeness (QED) is 0.479. The Hall–Kier alpha value is -2.54. The number of hydrogen-bond donors (Lipinski definition) is 1. The molecule has 1 N–H and O–H groups in total. The third kappa shape index (κ3) is 3.98. The van der Waals surface area contributed by atoms with Gasteiger partial charge >= 0.3 is 0 Å². The fourth-order valence-corrected chi connectivity index (χ4v) is 6.30. The van der Waals surface area contributed by atoms with E-state index in [9.17, 15) is 4.79 Å². The van der Waals surface area contributed by atoms with Crippen LogP contribution in [0.5, 0.6) is 0 Å². The number of furan rings is 1. The molecule has 1 amide bonds. The first-order valence-electron chi connectivity index (χ1n) is 11.9. The zero-order chi connectivity index (χ0) is 23.2. The Morgan fingerprint density at radius 3 is 2.68 bits per heavy atom. The Bertz CT molecular complexity index is 1250. The summed E-state index contributed by atoms with van der Waals surface area (Å²) < 4.78 is 7.38. The molecule has 34 heavy (non-hydrogen) atoms. The molecule has 0 bridgehead atoms. The molecule has 6 rings (SSSR count). The largest absolute Gasteiger partial charge is 0.465 e. The van der Waals surface area contributed by atoms with E-state index in [1.807, 2.05) is 24.3 Å². The van der Waals surface area contributed by atoms with Crippen LogP contribution in [0.4, 0.5) is 0 Å². The smallest absolute Gasteiger partial charge is 0.286 e. The van der Waals surface area contributed by atoms with E-state index in [0.717, 1.165) is 54.9 Å². The molecule has 2 atom stereocenters. The minimum atomic E-state index is -0.153. The average molecular weight is 497 g/mol. The number of aromatic nitrogens is 2. The van der Waals surface area contributed by atoms with E-state index in [4.69, 9.17) is 32.7 Å². The van der Waals surface area contributed by atoms with Crippen LogP contribution in [0.1, 0.15) is 59.6 Å². The molecular weight excluding hydrogens is 471 g/mol. The minimum Gasteiger partial charge on any atom is -0.465 e. The zero-order valence-electron chi connectivity index (χ0n) is 18.8. The molecule has 0 radical (unpaired) electrons. The summed E-state index contributed by atoms with van der Waals surface area (Å²) in [4.78, 5) is 13.5. The van der Waals surface area contributed by atoms with Crippen molar-refractivity contribution in [3.8, 4) is 5.69 Å². The second-order valence-corrected chi connectivity index (χ2v) is 10.4. The number of amides is 1. The van der Waals surface area contributed by atoms with Crippen molar-refractivity contribution in [3.05, 3.63) is 69.4 Å². The summed E-state index contributed by atoms with van der Waals surface area (Å²) in [7, 11) is 0. The highest BCUT2D eigenvalue weighted by Gasteiger charge is 2.37. The number of nitrogens with one attached hydrogen (secondary N) is 1. The Morgan fingerprint density at radius 1 is 1.12 bits per heavy atom. The van der Waals surface area contributed by atoms with Crippen molar-refractivity contribution in [1.82, 2.24) is 20.2 Å². The van der Waals surface area contributed by atoms with E-state index in [0.29, 0.717) is 33.3 Å². The van der Waals surface area contributed by atoms with Crippen LogP contribution in [-0.2, 0) is 6.42 Å². The summed E-state index contributed by atoms with van der Waals surface area (Å²) in [6.45, 7) is 1.85. The van der Waals surface area contributed by atoms with Gasteiger partial charge < -0.3 is 4.42 Å². The lowest BCUT2D eigenvalue weighted by molar-refractivity contribution is 0.0807. The van der Waals surface area contributed by atoms with Crippen LogP contribution in [0.15, 0.2) is 41.0 Å². The summed E-state index contributed by atoms with van der Waals surface area (Å²) >= 11 is 12.7. The predicted molar refractivity (Wildman–Crippen MR) is 133 cm³/mol. The summed E-state index contributed by atoms with van der Waals surface area (Å²) in [6.07, 6.45) is 10.1. The number of hydrogen-bond acceptors (Lipinski definition) is 4. The van der Waals surface area contributed by atoms with E-state index < -0.39 is 0 Å². The maximum Gasteiger partial charge on any atom is 0.286 e. The number of nitrogens with zero attached hydrogens (tertiary/aromatic N) is 3. The predicted octanol–water partition coefficient (Wildman–Crippen LogP) is 6.03. The normalized spacial score (nSPS) is 23.3. The number of carbonyl (C=O) groups excluding carboxylic acids is 1. The standard InChI is InChI=1S/C26H26Cl2N4O2/c27-19-9-10-23(22(28)13-19)32-25-16(12-20-7-3-11-34-20)4-2-8-21(25)24(29-32)26(33)30-31-14-17-5-1-6-18(17)15-31/h3,7,9-13,17-18H,1-2,4-6,8,14-15H2,(H,30,33)/b16-12+. The van der Waals surface area contributed by atoms with E-state index in [1.54, 1.807) is 23.1 Å². The number of carbonyl (C=O) groups is 1. The van der Waals surface area contributed by atoms with Crippen LogP contribution >= 0.6 is 23.2 Å². The topological polar surface area (TPSA) is 63.3 Å². The minimum absolute atomic E-state index is 0.153. The molecule has 2 aliphatic carbocycles. The molecule has 3 aromatic rings. The highest BCUT2D eigenvalue weighted by Crippen LogP contribution is 2.39. The molecule has 1 saturated carbocycles. The van der Waals surface area contributed by atoms with E-state index in [1.165, 1.54) is 19.3 Å². The van der Waals surface area contributed by atoms with Crippen molar-refractivity contribution in [2.45, 2.75) is 38.5 Å². The second-order valence-electron chi connectivity index (χ2n) is 9.52. The Balaban J connectivity index is 1.41. The van der Waals surface area contributed by atoms with Crippen LogP contribution in [0, 0.1) is 11.8 Å². The van der Waals surface area contributed by atoms with Gasteiger partial charge in [-0.2, -0.15) is 5.10 Å². The van der Waals surface area contributed by atoms with Crippen molar-refractivity contribution >= 4 is 40.8 Å². The Morgan fingerprint density at radius 2 is 1.94 bits per heavy atom. The molecule has 176 valence electrons. The summed E-state index contributed by atoms with van der Waals surface area (Å²) in [5.74, 6) is 2.01. The molecule has 2 fully saturated rings. The van der Waals surface area contributed by atoms with Crippen LogP contribution in [0.3, 0.4) is 0 Å². The van der Waals surface area contributed by atoms with Gasteiger partial charge in [0, 0.05) is 23.7 Å². The van der Waals surface area contributed by atoms with Gasteiger partial charge in [0.05, 0.1) is 22.7 Å². The first kappa shape index (κ1) is 22.0. The molecule has 8 heteroatoms. The van der Waals surface area contributed by atoms with Crippen LogP contribution in [0.2, 0.25) is 10.0 Å². The summed E-state index contributed by atoms with van der Waals surface area (Å²) in [6, 6.07) is 9.13. The highest BCUT2D eigenvalue weighted by atomic mass is 35.5. The van der Waals surface area contributed by atoms with Gasteiger partial charge in [0.15, 0.2) is 5.69 Å². The van der Waals surface area contributed by atoms with Crippen molar-refractivity contribution in [3.63, 3.8) is 0 Å². The molecule has 1 aliphatic heterocycles. The number of hydrazine groups is 1. The maximum absolute atomic E-state index is 13.5. The van der Waals surface area contributed by atoms with Gasteiger partial charge in [-0.15, -0.1) is 0 Å². The fraction of sp³-hybridized carbons (Fsp3) is 0.385. The third-order valence-electron chi connectivity index (χ3n) is 7.36. The van der Waals surface area contributed by atoms with Crippen molar-refractivity contribution in [1.29, 1.82) is 0 Å². The fourth-order valence-electron chi connectivity index (χ4n) is 5.81. The molecule has 3 heterocycles. The lowest BCUT2D eigenvalue weighted by Crippen LogP contribution is -2.41. The van der Waals surface area contributed by atoms with Gasteiger partial charge in [-0.1, -0.05) is 29.6 Å². The van der Waals surface area contributed by atoms with Gasteiger partial charge in [0.2, 0.25) is 0 Å². The number of benzene rings is 1. The summed E-state index contributed by atoms with van der Waals surface area (Å²) in [5, 5.41) is 7.95. The van der Waals surface area contributed by atoms with Crippen LogP contribution in [0.25, 0.3) is 17.3 Å². The van der Waals surface area contributed by atoms with Crippen molar-refractivity contribution < 1.29 is 9.21 Å². The van der Waals surface area contributed by atoms with E-state index >= 15 is 0 Å². The first-order valence-corrected chi connectivity index (χ1v) is 12.7. The van der Waals surface area contributed by atoms with Gasteiger partial charge in [-0.3, -0.25) is 10.2 Å². The molecular formula is C26H26Cl2N4O2. The van der Waals surface area contributed by atoms with Gasteiger partial charge in [-0.25, -0.2) is 9.69 Å². The molecule has 6 nitrogen and oxygen atoms in total. The van der Waals surface area contributed by atoms with Gasteiger partial charge in [-0.05, 0) is 85.9 Å². The van der Waals surface area contributed by atoms with Crippen LogP contribution < -0.4 is 5.43 Å².